The van der Waals surface area contributed by atoms with E-state index in [9.17, 15) is 0 Å². The zero-order valence-electron chi connectivity index (χ0n) is 10.9. The van der Waals surface area contributed by atoms with Crippen molar-refractivity contribution >= 4 is 23.4 Å². The van der Waals surface area contributed by atoms with Crippen molar-refractivity contribution in [2.24, 2.45) is 0 Å². The Morgan fingerprint density at radius 1 is 1.25 bits per heavy atom. The predicted octanol–water partition coefficient (Wildman–Crippen LogP) is 0.553. The summed E-state index contributed by atoms with van der Waals surface area (Å²) in [5, 5.41) is 9.03. The van der Waals surface area contributed by atoms with Gasteiger partial charge in [0.25, 0.3) is 0 Å². The Morgan fingerprint density at radius 2 is 2.10 bits per heavy atom. The number of hydrogen-bond donors (Lipinski definition) is 1. The van der Waals surface area contributed by atoms with Crippen LogP contribution in [-0.4, -0.2) is 51.1 Å². The SMILES string of the molecule is Cc1nnc2n1Nc1ncnc(N3CCOCC3)c1S2. The topological polar surface area (TPSA) is 81.0 Å². The standard InChI is InChI=1S/C11H13N7OS/c1-7-14-15-11-18(7)16-9-8(20-11)10(13-6-12-9)17-2-4-19-5-3-17/h6H,2-5H2,1H3,(H,12,13,16). The van der Waals surface area contributed by atoms with Gasteiger partial charge in [-0.05, 0) is 18.7 Å². The molecule has 2 aromatic heterocycles. The summed E-state index contributed by atoms with van der Waals surface area (Å²) in [5.74, 6) is 2.54. The summed E-state index contributed by atoms with van der Waals surface area (Å²) in [5.41, 5.74) is 3.23. The minimum atomic E-state index is 0.728. The first-order chi connectivity index (χ1) is 9.83. The molecule has 0 bridgehead atoms. The molecular formula is C11H13N7OS. The maximum Gasteiger partial charge on any atom is 0.215 e. The average Bonchev–Trinajstić information content (AvgIpc) is 2.86. The van der Waals surface area contributed by atoms with Crippen LogP contribution in [0.15, 0.2) is 16.4 Å². The van der Waals surface area contributed by atoms with Gasteiger partial charge in [-0.2, -0.15) is 0 Å². The van der Waals surface area contributed by atoms with Crippen LogP contribution in [0.4, 0.5) is 11.6 Å². The Hall–Kier alpha value is -1.87. The van der Waals surface area contributed by atoms with Gasteiger partial charge < -0.3 is 9.64 Å². The van der Waals surface area contributed by atoms with Gasteiger partial charge in [0.15, 0.2) is 5.82 Å². The summed E-state index contributed by atoms with van der Waals surface area (Å²) in [6.45, 7) is 5.04. The van der Waals surface area contributed by atoms with E-state index < -0.39 is 0 Å². The van der Waals surface area contributed by atoms with Crippen LogP contribution < -0.4 is 10.3 Å². The lowest BCUT2D eigenvalue weighted by atomic mass is 10.4. The highest BCUT2D eigenvalue weighted by Gasteiger charge is 2.26. The molecule has 1 saturated heterocycles. The molecule has 0 aromatic carbocycles. The molecule has 0 radical (unpaired) electrons. The number of hydrogen-bond acceptors (Lipinski definition) is 8. The van der Waals surface area contributed by atoms with Gasteiger partial charge in [-0.25, -0.2) is 14.6 Å². The molecule has 104 valence electrons. The van der Waals surface area contributed by atoms with Crippen molar-refractivity contribution in [2.45, 2.75) is 17.0 Å². The summed E-state index contributed by atoms with van der Waals surface area (Å²) in [6.07, 6.45) is 1.59. The number of anilines is 2. The number of aryl methyl sites for hydroxylation is 1. The molecule has 0 aliphatic carbocycles. The first-order valence-electron chi connectivity index (χ1n) is 6.37. The molecule has 0 atom stereocenters. The molecule has 20 heavy (non-hydrogen) atoms. The Labute approximate surface area is 119 Å². The number of ether oxygens (including phenoxy) is 1. The molecule has 2 aliphatic heterocycles. The van der Waals surface area contributed by atoms with E-state index in [1.54, 1.807) is 18.1 Å². The van der Waals surface area contributed by atoms with Crippen LogP contribution in [0, 0.1) is 6.92 Å². The Balaban J connectivity index is 1.74. The Kier molecular flexibility index (Phi) is 2.74. The van der Waals surface area contributed by atoms with Crippen molar-refractivity contribution in [1.82, 2.24) is 24.8 Å². The minimum absolute atomic E-state index is 0.728. The second-order valence-corrected chi connectivity index (χ2v) is 5.53. The van der Waals surface area contributed by atoms with Crippen LogP contribution in [0.1, 0.15) is 5.82 Å². The Morgan fingerprint density at radius 3 is 2.95 bits per heavy atom. The maximum absolute atomic E-state index is 5.39. The van der Waals surface area contributed by atoms with Gasteiger partial charge in [0.05, 0.1) is 13.2 Å². The van der Waals surface area contributed by atoms with Crippen LogP contribution >= 0.6 is 11.8 Å². The van der Waals surface area contributed by atoms with Gasteiger partial charge in [0, 0.05) is 13.1 Å². The van der Waals surface area contributed by atoms with Gasteiger partial charge in [-0.1, -0.05) is 0 Å². The highest BCUT2D eigenvalue weighted by Crippen LogP contribution is 2.41. The number of nitrogens with zero attached hydrogens (tertiary/aromatic N) is 6. The monoisotopic (exact) mass is 291 g/mol. The molecule has 0 saturated carbocycles. The van der Waals surface area contributed by atoms with E-state index >= 15 is 0 Å². The van der Waals surface area contributed by atoms with Crippen molar-refractivity contribution in [3.8, 4) is 0 Å². The van der Waals surface area contributed by atoms with Crippen molar-refractivity contribution in [2.75, 3.05) is 36.6 Å². The van der Waals surface area contributed by atoms with Gasteiger partial charge >= 0.3 is 0 Å². The zero-order valence-corrected chi connectivity index (χ0v) is 11.7. The minimum Gasteiger partial charge on any atom is -0.378 e. The molecule has 2 aliphatic rings. The van der Waals surface area contributed by atoms with Crippen LogP contribution in [0.25, 0.3) is 0 Å². The molecule has 1 fully saturated rings. The van der Waals surface area contributed by atoms with Crippen LogP contribution in [0.3, 0.4) is 0 Å². The molecule has 0 spiro atoms. The second-order valence-electron chi connectivity index (χ2n) is 4.55. The molecule has 2 aromatic rings. The number of nitrogens with one attached hydrogen (secondary N) is 1. The predicted molar refractivity (Wildman–Crippen MR) is 73.0 cm³/mol. The lowest BCUT2D eigenvalue weighted by Crippen LogP contribution is -2.37. The zero-order chi connectivity index (χ0) is 13.5. The van der Waals surface area contributed by atoms with Crippen LogP contribution in [0.5, 0.6) is 0 Å². The largest absolute Gasteiger partial charge is 0.378 e. The molecule has 0 unspecified atom stereocenters. The maximum atomic E-state index is 5.39. The van der Waals surface area contributed by atoms with Crippen molar-refractivity contribution < 1.29 is 4.74 Å². The number of aromatic nitrogens is 5. The number of morpholine rings is 1. The van der Waals surface area contributed by atoms with E-state index in [0.29, 0.717) is 0 Å². The summed E-state index contributed by atoms with van der Waals surface area (Å²) in [4.78, 5) is 12.0. The smallest absolute Gasteiger partial charge is 0.215 e. The fraction of sp³-hybridized carbons (Fsp3) is 0.455. The van der Waals surface area contributed by atoms with Crippen LogP contribution in [0.2, 0.25) is 0 Å². The number of rotatable bonds is 1. The highest BCUT2D eigenvalue weighted by molar-refractivity contribution is 7.99. The van der Waals surface area contributed by atoms with Gasteiger partial charge in [-0.3, -0.25) is 5.43 Å². The van der Waals surface area contributed by atoms with E-state index in [0.717, 1.165) is 53.8 Å². The fourth-order valence-electron chi connectivity index (χ4n) is 2.27. The van der Waals surface area contributed by atoms with E-state index in [-0.39, 0.29) is 0 Å². The quantitative estimate of drug-likeness (QED) is 0.696. The average molecular weight is 291 g/mol. The lowest BCUT2D eigenvalue weighted by molar-refractivity contribution is 0.122. The molecule has 8 nitrogen and oxygen atoms in total. The van der Waals surface area contributed by atoms with Crippen LogP contribution in [-0.2, 0) is 4.74 Å². The first kappa shape index (κ1) is 11.9. The summed E-state index contributed by atoms with van der Waals surface area (Å²) >= 11 is 1.54. The molecule has 1 N–H and O–H groups in total. The van der Waals surface area contributed by atoms with E-state index in [2.05, 4.69) is 30.5 Å². The molecule has 0 amide bonds. The van der Waals surface area contributed by atoms with E-state index in [1.165, 1.54) is 0 Å². The summed E-state index contributed by atoms with van der Waals surface area (Å²) in [6, 6.07) is 0. The summed E-state index contributed by atoms with van der Waals surface area (Å²) < 4.78 is 7.23. The van der Waals surface area contributed by atoms with Crippen molar-refractivity contribution in [1.29, 1.82) is 0 Å². The highest BCUT2D eigenvalue weighted by atomic mass is 32.2. The van der Waals surface area contributed by atoms with E-state index in [1.807, 2.05) is 11.6 Å². The second kappa shape index (κ2) is 4.60. The van der Waals surface area contributed by atoms with Gasteiger partial charge in [0.1, 0.15) is 22.9 Å². The third kappa shape index (κ3) is 1.81. The van der Waals surface area contributed by atoms with Crippen molar-refractivity contribution in [3.05, 3.63) is 12.2 Å². The lowest BCUT2D eigenvalue weighted by Gasteiger charge is -2.30. The third-order valence-electron chi connectivity index (χ3n) is 3.30. The normalized spacial score (nSPS) is 17.4. The molecule has 4 rings (SSSR count). The number of fused-ring (bicyclic) bond motifs is 2. The van der Waals surface area contributed by atoms with Gasteiger partial charge in [0.2, 0.25) is 5.16 Å². The fourth-order valence-corrected chi connectivity index (χ4v) is 3.27. The Bertz CT molecular complexity index is 652. The molecule has 9 heteroatoms. The van der Waals surface area contributed by atoms with E-state index in [4.69, 9.17) is 4.74 Å². The molecule has 4 heterocycles. The summed E-state index contributed by atoms with van der Waals surface area (Å²) in [7, 11) is 0. The first-order valence-corrected chi connectivity index (χ1v) is 7.19. The molecular weight excluding hydrogens is 278 g/mol. The van der Waals surface area contributed by atoms with Crippen molar-refractivity contribution in [3.63, 3.8) is 0 Å². The van der Waals surface area contributed by atoms with Gasteiger partial charge in [-0.15, -0.1) is 10.2 Å². The third-order valence-corrected chi connectivity index (χ3v) is 4.33.